The van der Waals surface area contributed by atoms with Crippen molar-refractivity contribution in [2.24, 2.45) is 0 Å². The molecule has 94 valence electrons. The highest BCUT2D eigenvalue weighted by molar-refractivity contribution is 5.69. The Morgan fingerprint density at radius 3 is 2.56 bits per heavy atom. The third-order valence-corrected chi connectivity index (χ3v) is 2.20. The Hall–Kier alpha value is -0.830. The van der Waals surface area contributed by atoms with Crippen LogP contribution in [-0.4, -0.2) is 19.7 Å². The van der Waals surface area contributed by atoms with E-state index in [4.69, 9.17) is 9.47 Å². The molecule has 0 aromatic heterocycles. The van der Waals surface area contributed by atoms with Crippen molar-refractivity contribution in [3.05, 3.63) is 11.8 Å². The normalized spacial score (nSPS) is 11.5. The maximum Gasteiger partial charge on any atom is 0.189 e. The molecule has 0 spiro atoms. The second-order valence-corrected chi connectivity index (χ2v) is 3.74. The van der Waals surface area contributed by atoms with Crippen molar-refractivity contribution in [3.8, 4) is 0 Å². The van der Waals surface area contributed by atoms with Crippen LogP contribution in [0.4, 0.5) is 0 Å². The average molecular weight is 228 g/mol. The van der Waals surface area contributed by atoms with Crippen LogP contribution in [0.5, 0.6) is 0 Å². The zero-order chi connectivity index (χ0) is 12.1. The number of ether oxygens (including phenoxy) is 2. The third-order valence-electron chi connectivity index (χ3n) is 2.20. The number of carbonyl (C=O) groups excluding carboxylic acids is 1. The Bertz CT molecular complexity index is 188. The van der Waals surface area contributed by atoms with Crippen molar-refractivity contribution < 1.29 is 14.3 Å². The van der Waals surface area contributed by atoms with E-state index < -0.39 is 0 Å². The van der Waals surface area contributed by atoms with E-state index in [0.29, 0.717) is 12.4 Å². The van der Waals surface area contributed by atoms with Crippen LogP contribution >= 0.6 is 0 Å². The summed E-state index contributed by atoms with van der Waals surface area (Å²) in [4.78, 5) is 10.6. The number of aldehydes is 1. The van der Waals surface area contributed by atoms with Gasteiger partial charge in [0.05, 0.1) is 6.61 Å². The molecule has 0 heterocycles. The van der Waals surface area contributed by atoms with Gasteiger partial charge in [-0.1, -0.05) is 39.5 Å². The molecule has 0 atom stereocenters. The topological polar surface area (TPSA) is 35.5 Å². The number of rotatable bonds is 11. The lowest BCUT2D eigenvalue weighted by molar-refractivity contribution is -0.111. The third kappa shape index (κ3) is 9.71. The fraction of sp³-hybridized carbons (Fsp3) is 0.769. The first-order chi connectivity index (χ1) is 7.85. The number of allylic oxidation sites excluding steroid dienone is 2. The van der Waals surface area contributed by atoms with Crippen molar-refractivity contribution >= 4 is 6.29 Å². The molecule has 0 aromatic rings. The van der Waals surface area contributed by atoms with Crippen LogP contribution in [0.3, 0.4) is 0 Å². The molecule has 0 aliphatic rings. The highest BCUT2D eigenvalue weighted by atomic mass is 16.7. The van der Waals surface area contributed by atoms with E-state index in [9.17, 15) is 4.79 Å². The highest BCUT2D eigenvalue weighted by Crippen LogP contribution is 2.01. The largest absolute Gasteiger partial charge is 0.464 e. The molecule has 0 aromatic carbocycles. The van der Waals surface area contributed by atoms with Gasteiger partial charge in [-0.2, -0.15) is 0 Å². The van der Waals surface area contributed by atoms with Gasteiger partial charge in [-0.25, -0.2) is 0 Å². The standard InChI is InChI=1S/C13H24O3/c1-3-5-7-8-10-15-12-16-13(11-14)9-6-4-2/h9,11H,3-8,10,12H2,1-2H3. The second kappa shape index (κ2) is 12.2. The van der Waals surface area contributed by atoms with E-state index in [1.807, 2.05) is 0 Å². The lowest BCUT2D eigenvalue weighted by Gasteiger charge is -2.06. The molecule has 0 bridgehead atoms. The Labute approximate surface area is 98.8 Å². The summed E-state index contributed by atoms with van der Waals surface area (Å²) in [7, 11) is 0. The van der Waals surface area contributed by atoms with Crippen LogP contribution in [0.2, 0.25) is 0 Å². The monoisotopic (exact) mass is 228 g/mol. The quantitative estimate of drug-likeness (QED) is 0.179. The van der Waals surface area contributed by atoms with Crippen molar-refractivity contribution in [2.75, 3.05) is 13.4 Å². The van der Waals surface area contributed by atoms with E-state index in [1.165, 1.54) is 19.3 Å². The maximum atomic E-state index is 10.6. The van der Waals surface area contributed by atoms with E-state index in [1.54, 1.807) is 6.08 Å². The zero-order valence-corrected chi connectivity index (χ0v) is 10.5. The van der Waals surface area contributed by atoms with E-state index in [0.717, 1.165) is 25.5 Å². The highest BCUT2D eigenvalue weighted by Gasteiger charge is 1.95. The lowest BCUT2D eigenvalue weighted by Crippen LogP contribution is -2.02. The van der Waals surface area contributed by atoms with Crippen LogP contribution in [0, 0.1) is 0 Å². The number of hydrogen-bond donors (Lipinski definition) is 0. The van der Waals surface area contributed by atoms with Gasteiger partial charge in [0.2, 0.25) is 0 Å². The zero-order valence-electron chi connectivity index (χ0n) is 10.5. The fourth-order valence-electron chi connectivity index (χ4n) is 1.23. The lowest BCUT2D eigenvalue weighted by atomic mass is 10.2. The summed E-state index contributed by atoms with van der Waals surface area (Å²) >= 11 is 0. The molecule has 0 fully saturated rings. The van der Waals surface area contributed by atoms with Gasteiger partial charge >= 0.3 is 0 Å². The summed E-state index contributed by atoms with van der Waals surface area (Å²) in [6, 6.07) is 0. The Morgan fingerprint density at radius 1 is 1.12 bits per heavy atom. The first kappa shape index (κ1) is 15.2. The molecule has 0 N–H and O–H groups in total. The Morgan fingerprint density at radius 2 is 1.94 bits per heavy atom. The molecule has 0 aliphatic heterocycles. The van der Waals surface area contributed by atoms with Gasteiger partial charge in [0, 0.05) is 0 Å². The van der Waals surface area contributed by atoms with Gasteiger partial charge in [0.15, 0.2) is 18.8 Å². The molecule has 0 radical (unpaired) electrons. The Kier molecular flexibility index (Phi) is 11.6. The van der Waals surface area contributed by atoms with Crippen LogP contribution in [0.25, 0.3) is 0 Å². The van der Waals surface area contributed by atoms with Gasteiger partial charge in [0.25, 0.3) is 0 Å². The molecular weight excluding hydrogens is 204 g/mol. The summed E-state index contributed by atoms with van der Waals surface area (Å²) in [6.07, 6.45) is 9.15. The average Bonchev–Trinajstić information content (AvgIpc) is 2.32. The van der Waals surface area contributed by atoms with Crippen LogP contribution in [0.1, 0.15) is 52.4 Å². The second-order valence-electron chi connectivity index (χ2n) is 3.74. The molecule has 0 unspecified atom stereocenters. The fourth-order valence-corrected chi connectivity index (χ4v) is 1.23. The van der Waals surface area contributed by atoms with Crippen LogP contribution < -0.4 is 0 Å². The molecule has 0 saturated carbocycles. The summed E-state index contributed by atoms with van der Waals surface area (Å²) in [5, 5.41) is 0. The molecule has 0 aliphatic carbocycles. The van der Waals surface area contributed by atoms with Crippen molar-refractivity contribution in [1.29, 1.82) is 0 Å². The number of unbranched alkanes of at least 4 members (excludes halogenated alkanes) is 4. The number of carbonyl (C=O) groups is 1. The Balaban J connectivity index is 3.37. The molecule has 3 nitrogen and oxygen atoms in total. The van der Waals surface area contributed by atoms with Gasteiger partial charge in [0.1, 0.15) is 0 Å². The molecule has 16 heavy (non-hydrogen) atoms. The van der Waals surface area contributed by atoms with Gasteiger partial charge in [-0.3, -0.25) is 4.79 Å². The van der Waals surface area contributed by atoms with Crippen LogP contribution in [-0.2, 0) is 14.3 Å². The van der Waals surface area contributed by atoms with Crippen molar-refractivity contribution in [2.45, 2.75) is 52.4 Å². The predicted octanol–water partition coefficient (Wildman–Crippen LogP) is 3.44. The molecule has 0 amide bonds. The van der Waals surface area contributed by atoms with E-state index >= 15 is 0 Å². The summed E-state index contributed by atoms with van der Waals surface area (Å²) in [6.45, 7) is 5.13. The predicted molar refractivity (Wildman–Crippen MR) is 65.1 cm³/mol. The summed E-state index contributed by atoms with van der Waals surface area (Å²) in [5.74, 6) is 0.385. The van der Waals surface area contributed by atoms with Crippen LogP contribution in [0.15, 0.2) is 11.8 Å². The first-order valence-corrected chi connectivity index (χ1v) is 6.21. The number of hydrogen-bond acceptors (Lipinski definition) is 3. The van der Waals surface area contributed by atoms with E-state index in [-0.39, 0.29) is 6.79 Å². The first-order valence-electron chi connectivity index (χ1n) is 6.21. The van der Waals surface area contributed by atoms with Gasteiger partial charge < -0.3 is 9.47 Å². The van der Waals surface area contributed by atoms with Gasteiger partial charge in [-0.15, -0.1) is 0 Å². The van der Waals surface area contributed by atoms with Gasteiger partial charge in [-0.05, 0) is 18.9 Å². The van der Waals surface area contributed by atoms with Crippen molar-refractivity contribution in [3.63, 3.8) is 0 Å². The van der Waals surface area contributed by atoms with E-state index in [2.05, 4.69) is 13.8 Å². The minimum atomic E-state index is 0.181. The van der Waals surface area contributed by atoms with Crippen molar-refractivity contribution in [1.82, 2.24) is 0 Å². The summed E-state index contributed by atoms with van der Waals surface area (Å²) < 4.78 is 10.4. The summed E-state index contributed by atoms with van der Waals surface area (Å²) in [5.41, 5.74) is 0. The minimum absolute atomic E-state index is 0.181. The minimum Gasteiger partial charge on any atom is -0.464 e. The molecule has 3 heteroatoms. The smallest absolute Gasteiger partial charge is 0.189 e. The molecule has 0 saturated heterocycles. The SMILES string of the molecule is CCCC=C(C=O)OCOCCCCCC. The molecule has 0 rings (SSSR count). The molecular formula is C13H24O3. The maximum absolute atomic E-state index is 10.6.